The van der Waals surface area contributed by atoms with Crippen molar-refractivity contribution in [2.45, 2.75) is 56.9 Å². The Hall–Kier alpha value is -1.02. The van der Waals surface area contributed by atoms with Crippen LogP contribution in [0.5, 0.6) is 0 Å². The lowest BCUT2D eigenvalue weighted by Crippen LogP contribution is -2.63. The molecule has 134 valence electrons. The minimum atomic E-state index is -0.512. The highest BCUT2D eigenvalue weighted by atomic mass is 16.8. The second-order valence-electron chi connectivity index (χ2n) is 6.31. The number of ether oxygens (including phenoxy) is 6. The highest BCUT2D eigenvalue weighted by Crippen LogP contribution is 2.36. The van der Waals surface area contributed by atoms with E-state index in [1.165, 1.54) is 0 Å². The molecule has 0 aliphatic carbocycles. The summed E-state index contributed by atoms with van der Waals surface area (Å²) in [4.78, 5) is 0. The van der Waals surface area contributed by atoms with Crippen molar-refractivity contribution in [3.05, 3.63) is 35.9 Å². The lowest BCUT2D eigenvalue weighted by molar-refractivity contribution is -0.369. The van der Waals surface area contributed by atoms with E-state index in [0.29, 0.717) is 6.61 Å². The van der Waals surface area contributed by atoms with Gasteiger partial charge in [-0.2, -0.15) is 0 Å². The minimum Gasteiger partial charge on any atom is -0.376 e. The molecule has 2 aliphatic rings. The molecule has 2 heterocycles. The van der Waals surface area contributed by atoms with Crippen LogP contribution in [0, 0.1) is 0 Å². The molecule has 0 amide bonds. The van der Waals surface area contributed by atoms with E-state index in [-0.39, 0.29) is 30.5 Å². The molecular weight excluding hydrogens is 312 g/mol. The van der Waals surface area contributed by atoms with Crippen LogP contribution in [0.2, 0.25) is 0 Å². The van der Waals surface area contributed by atoms with E-state index in [4.69, 9.17) is 28.4 Å². The molecule has 0 radical (unpaired) electrons. The van der Waals surface area contributed by atoms with Gasteiger partial charge in [-0.05, 0) is 13.8 Å². The van der Waals surface area contributed by atoms with Gasteiger partial charge >= 0.3 is 0 Å². The van der Waals surface area contributed by atoms with Crippen LogP contribution < -0.4 is 0 Å². The maximum Gasteiger partial charge on any atom is 0.187 e. The topological polar surface area (TPSA) is 55.4 Å². The molecule has 0 bridgehead atoms. The fourth-order valence-electron chi connectivity index (χ4n) is 3.22. The van der Waals surface area contributed by atoms with Crippen molar-refractivity contribution in [1.29, 1.82) is 0 Å². The van der Waals surface area contributed by atoms with Crippen molar-refractivity contribution >= 4 is 0 Å². The summed E-state index contributed by atoms with van der Waals surface area (Å²) >= 11 is 0. The summed E-state index contributed by atoms with van der Waals surface area (Å²) in [6.45, 7) is 4.34. The number of fused-ring (bicyclic) bond motifs is 1. The van der Waals surface area contributed by atoms with Gasteiger partial charge in [0, 0.05) is 19.8 Å². The van der Waals surface area contributed by atoms with Gasteiger partial charge in [-0.15, -0.1) is 0 Å². The molecule has 1 aromatic rings. The second-order valence-corrected chi connectivity index (χ2v) is 6.31. The van der Waals surface area contributed by atoms with E-state index in [0.717, 1.165) is 5.56 Å². The Kier molecular flexibility index (Phi) is 5.86. The maximum absolute atomic E-state index is 6.16. The van der Waals surface area contributed by atoms with E-state index >= 15 is 0 Å². The normalized spacial score (nSPS) is 36.5. The predicted octanol–water partition coefficient (Wildman–Crippen LogP) is 2.28. The zero-order valence-corrected chi connectivity index (χ0v) is 14.6. The molecule has 2 aliphatic heterocycles. The van der Waals surface area contributed by atoms with Crippen molar-refractivity contribution in [3.8, 4) is 0 Å². The summed E-state index contributed by atoms with van der Waals surface area (Å²) in [6, 6.07) is 9.85. The van der Waals surface area contributed by atoms with Gasteiger partial charge in [0.15, 0.2) is 12.6 Å². The third-order valence-corrected chi connectivity index (χ3v) is 4.31. The average Bonchev–Trinajstić information content (AvgIpc) is 2.60. The molecule has 0 N–H and O–H groups in total. The average molecular weight is 338 g/mol. The highest BCUT2D eigenvalue weighted by Gasteiger charge is 2.51. The number of hydrogen-bond acceptors (Lipinski definition) is 6. The molecule has 3 rings (SSSR count). The van der Waals surface area contributed by atoms with Crippen LogP contribution in [-0.2, 0) is 28.4 Å². The number of rotatable bonds is 5. The molecule has 24 heavy (non-hydrogen) atoms. The van der Waals surface area contributed by atoms with Gasteiger partial charge in [-0.3, -0.25) is 0 Å². The van der Waals surface area contributed by atoms with E-state index in [2.05, 4.69) is 0 Å². The SMILES string of the molecule is CO[C@@H]1[C@@H](OC)[C@@H](OC(C)C)O[C@@H]2COC(c3ccccc3)O[C@@H]12. The third kappa shape index (κ3) is 3.64. The zero-order valence-electron chi connectivity index (χ0n) is 14.6. The largest absolute Gasteiger partial charge is 0.376 e. The molecule has 6 heteroatoms. The van der Waals surface area contributed by atoms with Gasteiger partial charge < -0.3 is 28.4 Å². The first-order valence-corrected chi connectivity index (χ1v) is 8.32. The highest BCUT2D eigenvalue weighted by molar-refractivity contribution is 5.16. The van der Waals surface area contributed by atoms with E-state index in [1.807, 2.05) is 44.2 Å². The van der Waals surface area contributed by atoms with Crippen LogP contribution >= 0.6 is 0 Å². The van der Waals surface area contributed by atoms with Crippen molar-refractivity contribution in [1.82, 2.24) is 0 Å². The summed E-state index contributed by atoms with van der Waals surface area (Å²) in [5, 5.41) is 0. The lowest BCUT2D eigenvalue weighted by Gasteiger charge is -2.48. The van der Waals surface area contributed by atoms with Crippen molar-refractivity contribution in [2.75, 3.05) is 20.8 Å². The van der Waals surface area contributed by atoms with Gasteiger partial charge in [-0.25, -0.2) is 0 Å². The van der Waals surface area contributed by atoms with Crippen LogP contribution in [0.1, 0.15) is 25.7 Å². The van der Waals surface area contributed by atoms with Crippen LogP contribution in [-0.4, -0.2) is 57.6 Å². The standard InChI is InChI=1S/C18H26O6/c1-11(2)22-18-16(20-4)15(19-3)14-13(23-18)10-21-17(24-14)12-8-6-5-7-9-12/h5-9,11,13-18H,10H2,1-4H3/t13-,14-,15+,16-,17?,18+/m1/s1. The first kappa shape index (κ1) is 17.8. The maximum atomic E-state index is 6.16. The monoisotopic (exact) mass is 338 g/mol. The summed E-state index contributed by atoms with van der Waals surface area (Å²) in [5.41, 5.74) is 0.973. The second kappa shape index (κ2) is 7.91. The van der Waals surface area contributed by atoms with Crippen molar-refractivity contribution in [3.63, 3.8) is 0 Å². The van der Waals surface area contributed by atoms with Crippen LogP contribution in [0.15, 0.2) is 30.3 Å². The van der Waals surface area contributed by atoms with Gasteiger partial charge in [0.1, 0.15) is 24.4 Å². The summed E-state index contributed by atoms with van der Waals surface area (Å²) in [7, 11) is 3.28. The molecule has 2 saturated heterocycles. The Labute approximate surface area is 142 Å². The van der Waals surface area contributed by atoms with Gasteiger partial charge in [0.25, 0.3) is 0 Å². The van der Waals surface area contributed by atoms with E-state index < -0.39 is 12.6 Å². The minimum absolute atomic E-state index is 0.0178. The Morgan fingerprint density at radius 2 is 1.71 bits per heavy atom. The third-order valence-electron chi connectivity index (χ3n) is 4.31. The van der Waals surface area contributed by atoms with Crippen LogP contribution in [0.3, 0.4) is 0 Å². The Morgan fingerprint density at radius 1 is 1.00 bits per heavy atom. The first-order valence-electron chi connectivity index (χ1n) is 8.32. The summed E-state index contributed by atoms with van der Waals surface area (Å²) < 4.78 is 35.2. The van der Waals surface area contributed by atoms with Crippen LogP contribution in [0.4, 0.5) is 0 Å². The van der Waals surface area contributed by atoms with Gasteiger partial charge in [-0.1, -0.05) is 30.3 Å². The molecule has 1 aromatic carbocycles. The molecular formula is C18H26O6. The molecule has 1 unspecified atom stereocenters. The number of methoxy groups -OCH3 is 2. The summed E-state index contributed by atoms with van der Waals surface area (Å²) in [5.74, 6) is 0. The molecule has 0 aromatic heterocycles. The van der Waals surface area contributed by atoms with Crippen molar-refractivity contribution < 1.29 is 28.4 Å². The van der Waals surface area contributed by atoms with E-state index in [1.54, 1.807) is 14.2 Å². The van der Waals surface area contributed by atoms with Gasteiger partial charge in [0.05, 0.1) is 12.7 Å². The molecule has 2 fully saturated rings. The predicted molar refractivity (Wildman–Crippen MR) is 86.5 cm³/mol. The van der Waals surface area contributed by atoms with Crippen molar-refractivity contribution in [2.24, 2.45) is 0 Å². The Balaban J connectivity index is 1.77. The quantitative estimate of drug-likeness (QED) is 0.821. The van der Waals surface area contributed by atoms with Crippen LogP contribution in [0.25, 0.3) is 0 Å². The molecule has 0 saturated carbocycles. The Bertz CT molecular complexity index is 507. The lowest BCUT2D eigenvalue weighted by atomic mass is 9.97. The molecule has 6 atom stereocenters. The summed E-state index contributed by atoms with van der Waals surface area (Å²) in [6.07, 6.45) is -2.14. The number of benzene rings is 1. The first-order chi connectivity index (χ1) is 11.6. The fourth-order valence-corrected chi connectivity index (χ4v) is 3.22. The number of hydrogen-bond donors (Lipinski definition) is 0. The molecule has 0 spiro atoms. The zero-order chi connectivity index (χ0) is 17.1. The van der Waals surface area contributed by atoms with E-state index in [9.17, 15) is 0 Å². The molecule has 6 nitrogen and oxygen atoms in total. The van der Waals surface area contributed by atoms with Gasteiger partial charge in [0.2, 0.25) is 0 Å². The fraction of sp³-hybridized carbons (Fsp3) is 0.667. The smallest absolute Gasteiger partial charge is 0.187 e. The Morgan fingerprint density at radius 3 is 2.33 bits per heavy atom.